The van der Waals surface area contributed by atoms with E-state index in [1.807, 2.05) is 35.2 Å². The highest BCUT2D eigenvalue weighted by molar-refractivity contribution is 7.09. The minimum atomic E-state index is -0.831. The number of carboxylic acids is 1. The molecule has 1 N–H and O–H groups in total. The Bertz CT molecular complexity index is 1360. The van der Waals surface area contributed by atoms with E-state index in [0.29, 0.717) is 13.1 Å². The first-order valence-corrected chi connectivity index (χ1v) is 15.1. The van der Waals surface area contributed by atoms with Gasteiger partial charge >= 0.3 is 5.97 Å². The molecule has 1 aliphatic carbocycles. The maximum Gasteiger partial charge on any atom is 0.317 e. The fraction of sp³-hybridized carbons (Fsp3) is 0.353. The highest BCUT2D eigenvalue weighted by Gasteiger charge is 2.19. The van der Waals surface area contributed by atoms with Crippen LogP contribution in [0.25, 0.3) is 11.3 Å². The van der Waals surface area contributed by atoms with Gasteiger partial charge in [0.05, 0.1) is 18.8 Å². The van der Waals surface area contributed by atoms with Gasteiger partial charge in [-0.1, -0.05) is 86.5 Å². The van der Waals surface area contributed by atoms with Gasteiger partial charge < -0.3 is 10.0 Å². The number of carboxylic acid groups (broad SMARTS) is 1. The molecule has 0 atom stereocenters. The van der Waals surface area contributed by atoms with E-state index in [1.165, 1.54) is 42.5 Å². The van der Waals surface area contributed by atoms with Crippen molar-refractivity contribution in [2.75, 3.05) is 18.5 Å². The molecular weight excluding hydrogens is 514 g/mol. The topological polar surface area (TPSA) is 56.7 Å². The summed E-state index contributed by atoms with van der Waals surface area (Å²) in [5.74, 6) is 0.778. The van der Waals surface area contributed by atoms with E-state index in [9.17, 15) is 9.90 Å². The average Bonchev–Trinajstić information content (AvgIpc) is 3.42. The number of hydrogen-bond acceptors (Lipinski definition) is 5. The summed E-state index contributed by atoms with van der Waals surface area (Å²) in [6.07, 6.45) is 5.35. The maximum atomic E-state index is 11.4. The van der Waals surface area contributed by atoms with Gasteiger partial charge in [-0.3, -0.25) is 9.69 Å². The van der Waals surface area contributed by atoms with Crippen molar-refractivity contribution in [3.8, 4) is 11.3 Å². The molecule has 1 saturated carbocycles. The number of rotatable bonds is 11. The van der Waals surface area contributed by atoms with Crippen LogP contribution in [0.4, 0.5) is 5.69 Å². The van der Waals surface area contributed by atoms with Crippen LogP contribution in [-0.2, 0) is 24.4 Å². The zero-order chi connectivity index (χ0) is 27.9. The molecule has 4 aromatic rings. The van der Waals surface area contributed by atoms with Crippen molar-refractivity contribution in [1.29, 1.82) is 0 Å². The molecule has 0 radical (unpaired) electrons. The molecule has 1 fully saturated rings. The van der Waals surface area contributed by atoms with Crippen LogP contribution in [0, 0.1) is 5.92 Å². The predicted octanol–water partition coefficient (Wildman–Crippen LogP) is 7.83. The van der Waals surface area contributed by atoms with Crippen LogP contribution in [0.3, 0.4) is 0 Å². The monoisotopic (exact) mass is 553 g/mol. The van der Waals surface area contributed by atoms with Crippen LogP contribution >= 0.6 is 11.3 Å². The largest absolute Gasteiger partial charge is 0.480 e. The van der Waals surface area contributed by atoms with E-state index in [4.69, 9.17) is 4.98 Å². The third kappa shape index (κ3) is 7.58. The molecule has 1 aromatic heterocycles. The van der Waals surface area contributed by atoms with E-state index in [1.54, 1.807) is 11.3 Å². The fourth-order valence-electron chi connectivity index (χ4n) is 5.65. The highest BCUT2D eigenvalue weighted by atomic mass is 32.1. The minimum absolute atomic E-state index is 0.0204. The van der Waals surface area contributed by atoms with Crippen molar-refractivity contribution < 1.29 is 9.90 Å². The van der Waals surface area contributed by atoms with Crippen molar-refractivity contribution >= 4 is 23.0 Å². The van der Waals surface area contributed by atoms with Gasteiger partial charge in [0.25, 0.3) is 0 Å². The quantitative estimate of drug-likeness (QED) is 0.205. The lowest BCUT2D eigenvalue weighted by Crippen LogP contribution is -2.28. The van der Waals surface area contributed by atoms with Crippen LogP contribution in [0.1, 0.15) is 60.2 Å². The summed E-state index contributed by atoms with van der Waals surface area (Å²) in [7, 11) is 2.14. The van der Waals surface area contributed by atoms with Gasteiger partial charge in [-0.15, -0.1) is 11.3 Å². The van der Waals surface area contributed by atoms with Gasteiger partial charge in [0.15, 0.2) is 0 Å². The van der Waals surface area contributed by atoms with Crippen LogP contribution in [-0.4, -0.2) is 34.6 Å². The summed E-state index contributed by atoms with van der Waals surface area (Å²) in [4.78, 5) is 20.5. The summed E-state index contributed by atoms with van der Waals surface area (Å²) in [5, 5.41) is 12.4. The number of hydrogen-bond donors (Lipinski definition) is 1. The zero-order valence-corrected chi connectivity index (χ0v) is 24.3. The van der Waals surface area contributed by atoms with Gasteiger partial charge in [-0.05, 0) is 53.5 Å². The molecule has 0 unspecified atom stereocenters. The Balaban J connectivity index is 1.18. The number of benzene rings is 3. The van der Waals surface area contributed by atoms with Crippen LogP contribution in [0.15, 0.2) is 84.2 Å². The Morgan fingerprint density at radius 1 is 0.875 bits per heavy atom. The summed E-state index contributed by atoms with van der Waals surface area (Å²) in [6, 6.07) is 27.8. The van der Waals surface area contributed by atoms with Gasteiger partial charge in [-0.2, -0.15) is 0 Å². The molecule has 0 spiro atoms. The highest BCUT2D eigenvalue weighted by Crippen LogP contribution is 2.35. The molecule has 0 bridgehead atoms. The molecule has 6 heteroatoms. The first kappa shape index (κ1) is 28.1. The second-order valence-electron chi connectivity index (χ2n) is 11.3. The van der Waals surface area contributed by atoms with Gasteiger partial charge in [0, 0.05) is 36.8 Å². The SMILES string of the molecule is CN(Cc1ccc([C@H]2CC[C@H](C)CC2)cc1)c1ccc(-c2csc(CN(CC(=O)O)Cc3ccccc3)n2)cc1. The molecule has 208 valence electrons. The number of aliphatic carboxylic acids is 1. The number of thiazole rings is 1. The summed E-state index contributed by atoms with van der Waals surface area (Å²) < 4.78 is 0. The molecular formula is C34H39N3O2S. The van der Waals surface area contributed by atoms with E-state index < -0.39 is 5.97 Å². The Hall–Kier alpha value is -3.48. The van der Waals surface area contributed by atoms with Crippen molar-refractivity contribution in [2.24, 2.45) is 5.92 Å². The van der Waals surface area contributed by atoms with Crippen molar-refractivity contribution in [1.82, 2.24) is 9.88 Å². The van der Waals surface area contributed by atoms with Gasteiger partial charge in [0.2, 0.25) is 0 Å². The summed E-state index contributed by atoms with van der Waals surface area (Å²) >= 11 is 1.58. The number of nitrogens with zero attached hydrogens (tertiary/aromatic N) is 3. The molecule has 5 nitrogen and oxygen atoms in total. The second-order valence-corrected chi connectivity index (χ2v) is 12.2. The molecule has 0 saturated heterocycles. The lowest BCUT2D eigenvalue weighted by Gasteiger charge is -2.26. The second kappa shape index (κ2) is 13.2. The molecule has 5 rings (SSSR count). The Labute approximate surface area is 242 Å². The predicted molar refractivity (Wildman–Crippen MR) is 165 cm³/mol. The van der Waals surface area contributed by atoms with E-state index in [0.717, 1.165) is 40.2 Å². The molecule has 0 amide bonds. The average molecular weight is 554 g/mol. The minimum Gasteiger partial charge on any atom is -0.480 e. The zero-order valence-electron chi connectivity index (χ0n) is 23.5. The third-order valence-corrected chi connectivity index (χ3v) is 8.84. The van der Waals surface area contributed by atoms with Crippen LogP contribution < -0.4 is 4.90 Å². The Morgan fingerprint density at radius 2 is 1.55 bits per heavy atom. The van der Waals surface area contributed by atoms with E-state index >= 15 is 0 Å². The summed E-state index contributed by atoms with van der Waals surface area (Å²) in [5.41, 5.74) is 7.08. The van der Waals surface area contributed by atoms with Gasteiger partial charge in [0.1, 0.15) is 5.01 Å². The lowest BCUT2D eigenvalue weighted by molar-refractivity contribution is -0.138. The fourth-order valence-corrected chi connectivity index (χ4v) is 6.49. The molecule has 3 aromatic carbocycles. The molecule has 1 aliphatic rings. The molecule has 0 aliphatic heterocycles. The first-order valence-electron chi connectivity index (χ1n) is 14.3. The Kier molecular flexibility index (Phi) is 9.30. The third-order valence-electron chi connectivity index (χ3n) is 8.01. The van der Waals surface area contributed by atoms with Crippen LogP contribution in [0.2, 0.25) is 0 Å². The normalized spacial score (nSPS) is 17.2. The first-order chi connectivity index (χ1) is 19.4. The number of aromatic nitrogens is 1. The molecule has 1 heterocycles. The number of carbonyl (C=O) groups is 1. The van der Waals surface area contributed by atoms with E-state index in [-0.39, 0.29) is 6.54 Å². The van der Waals surface area contributed by atoms with E-state index in [2.05, 4.69) is 72.8 Å². The van der Waals surface area contributed by atoms with Crippen LogP contribution in [0.5, 0.6) is 0 Å². The van der Waals surface area contributed by atoms with Gasteiger partial charge in [-0.25, -0.2) is 4.98 Å². The maximum absolute atomic E-state index is 11.4. The molecule has 40 heavy (non-hydrogen) atoms. The van der Waals surface area contributed by atoms with Crippen molar-refractivity contribution in [3.63, 3.8) is 0 Å². The Morgan fingerprint density at radius 3 is 2.23 bits per heavy atom. The summed E-state index contributed by atoms with van der Waals surface area (Å²) in [6.45, 7) is 4.30. The standard InChI is InChI=1S/C34H39N3O2S/c1-25-8-12-28(13-9-25)29-14-10-27(11-15-29)20-36(2)31-18-16-30(17-19-31)32-24-40-33(35-32)22-37(23-34(38)39)21-26-6-4-3-5-7-26/h3-7,10-11,14-19,24-25,28H,8-9,12-13,20-23H2,1-2H3,(H,38,39)/t25-,28-. The lowest BCUT2D eigenvalue weighted by atomic mass is 9.79. The van der Waals surface area contributed by atoms with Crippen molar-refractivity contribution in [3.05, 3.63) is 106 Å². The van der Waals surface area contributed by atoms with Crippen molar-refractivity contribution in [2.45, 2.75) is 58.2 Å². The number of anilines is 1. The smallest absolute Gasteiger partial charge is 0.317 e.